The van der Waals surface area contributed by atoms with Crippen LogP contribution in [0.2, 0.25) is 0 Å². The summed E-state index contributed by atoms with van der Waals surface area (Å²) in [6.45, 7) is 3.30. The van der Waals surface area contributed by atoms with Gasteiger partial charge in [0.2, 0.25) is 5.91 Å². The molecule has 6 nitrogen and oxygen atoms in total. The molecular formula is C10H15N3O3. The molecular weight excluding hydrogens is 210 g/mol. The number of carboxylic acids is 1. The molecule has 0 saturated heterocycles. The van der Waals surface area contributed by atoms with Gasteiger partial charge in [-0.1, -0.05) is 0 Å². The Bertz CT molecular complexity index is 359. The lowest BCUT2D eigenvalue weighted by atomic mass is 10.2. The lowest BCUT2D eigenvalue weighted by Crippen LogP contribution is -2.41. The van der Waals surface area contributed by atoms with Gasteiger partial charge in [-0.15, -0.1) is 0 Å². The highest BCUT2D eigenvalue weighted by atomic mass is 16.4. The van der Waals surface area contributed by atoms with Crippen molar-refractivity contribution >= 4 is 11.9 Å². The standard InChI is InChI=1S/C10H15N3O3/c1-7(2)13(6-10(15)16)9(14)5-8-3-4-11-12-8/h3-4,7H,5-6H2,1-2H3,(H,11,12)(H,15,16). The first kappa shape index (κ1) is 12.2. The number of carbonyl (C=O) groups is 2. The first-order valence-corrected chi connectivity index (χ1v) is 5.00. The lowest BCUT2D eigenvalue weighted by Gasteiger charge is -2.24. The molecule has 1 aromatic rings. The molecule has 0 aromatic carbocycles. The largest absolute Gasteiger partial charge is 0.480 e. The molecule has 1 aromatic heterocycles. The molecule has 0 radical (unpaired) electrons. The summed E-state index contributed by atoms with van der Waals surface area (Å²) in [7, 11) is 0. The summed E-state index contributed by atoms with van der Waals surface area (Å²) < 4.78 is 0. The van der Waals surface area contributed by atoms with Crippen LogP contribution < -0.4 is 0 Å². The third-order valence-corrected chi connectivity index (χ3v) is 2.15. The predicted octanol–water partition coefficient (Wildman–Crippen LogP) is 0.274. The van der Waals surface area contributed by atoms with Gasteiger partial charge in [0, 0.05) is 17.9 Å². The van der Waals surface area contributed by atoms with Crippen LogP contribution in [0.25, 0.3) is 0 Å². The number of amides is 1. The van der Waals surface area contributed by atoms with E-state index in [9.17, 15) is 9.59 Å². The number of aromatic nitrogens is 2. The van der Waals surface area contributed by atoms with Crippen molar-refractivity contribution in [2.45, 2.75) is 26.3 Å². The monoisotopic (exact) mass is 225 g/mol. The maximum atomic E-state index is 11.8. The number of aromatic amines is 1. The zero-order chi connectivity index (χ0) is 12.1. The molecule has 16 heavy (non-hydrogen) atoms. The van der Waals surface area contributed by atoms with Gasteiger partial charge in [0.1, 0.15) is 6.54 Å². The Labute approximate surface area is 93.3 Å². The Hall–Kier alpha value is -1.85. The summed E-state index contributed by atoms with van der Waals surface area (Å²) in [6.07, 6.45) is 1.70. The SMILES string of the molecule is CC(C)N(CC(=O)O)C(=O)Cc1ccn[nH]1. The van der Waals surface area contributed by atoms with E-state index in [1.54, 1.807) is 26.1 Å². The number of hydrogen-bond donors (Lipinski definition) is 2. The molecule has 0 fully saturated rings. The molecule has 0 bridgehead atoms. The predicted molar refractivity (Wildman–Crippen MR) is 56.8 cm³/mol. The Kier molecular flexibility index (Phi) is 4.04. The van der Waals surface area contributed by atoms with Crippen molar-refractivity contribution in [3.8, 4) is 0 Å². The van der Waals surface area contributed by atoms with Crippen molar-refractivity contribution in [2.24, 2.45) is 0 Å². The van der Waals surface area contributed by atoms with Crippen LogP contribution in [0.4, 0.5) is 0 Å². The zero-order valence-electron chi connectivity index (χ0n) is 9.30. The summed E-state index contributed by atoms with van der Waals surface area (Å²) in [5.74, 6) is -1.23. The van der Waals surface area contributed by atoms with Gasteiger partial charge in [0.05, 0.1) is 6.42 Å². The second-order valence-electron chi connectivity index (χ2n) is 3.77. The minimum absolute atomic E-state index is 0.133. The smallest absolute Gasteiger partial charge is 0.323 e. The molecule has 0 aliphatic heterocycles. The summed E-state index contributed by atoms with van der Waals surface area (Å²) >= 11 is 0. The van der Waals surface area contributed by atoms with Crippen LogP contribution in [0.15, 0.2) is 12.3 Å². The van der Waals surface area contributed by atoms with Crippen molar-refractivity contribution in [3.05, 3.63) is 18.0 Å². The van der Waals surface area contributed by atoms with Gasteiger partial charge in [-0.2, -0.15) is 5.10 Å². The van der Waals surface area contributed by atoms with Crippen molar-refractivity contribution in [3.63, 3.8) is 0 Å². The second-order valence-corrected chi connectivity index (χ2v) is 3.77. The maximum Gasteiger partial charge on any atom is 0.323 e. The molecule has 1 amide bonds. The molecule has 0 aliphatic rings. The van der Waals surface area contributed by atoms with Crippen LogP contribution in [-0.2, 0) is 16.0 Å². The van der Waals surface area contributed by atoms with E-state index in [1.165, 1.54) is 4.90 Å². The summed E-state index contributed by atoms with van der Waals surface area (Å²) in [4.78, 5) is 23.7. The molecule has 0 spiro atoms. The van der Waals surface area contributed by atoms with Gasteiger partial charge < -0.3 is 10.0 Å². The van der Waals surface area contributed by atoms with Crippen molar-refractivity contribution < 1.29 is 14.7 Å². The summed E-state index contributed by atoms with van der Waals surface area (Å²) in [5, 5.41) is 15.1. The molecule has 6 heteroatoms. The number of rotatable bonds is 5. The molecule has 0 atom stereocenters. The number of carboxylic acid groups (broad SMARTS) is 1. The summed E-state index contributed by atoms with van der Waals surface area (Å²) in [6, 6.07) is 1.56. The first-order chi connectivity index (χ1) is 7.50. The normalized spacial score (nSPS) is 10.4. The molecule has 0 aliphatic carbocycles. The molecule has 2 N–H and O–H groups in total. The van der Waals surface area contributed by atoms with E-state index in [1.807, 2.05) is 0 Å². The molecule has 0 unspecified atom stereocenters. The first-order valence-electron chi connectivity index (χ1n) is 5.00. The van der Waals surface area contributed by atoms with E-state index in [2.05, 4.69) is 10.2 Å². The average Bonchev–Trinajstić information content (AvgIpc) is 2.65. The number of nitrogens with one attached hydrogen (secondary N) is 1. The Morgan fingerprint density at radius 1 is 1.56 bits per heavy atom. The van der Waals surface area contributed by atoms with E-state index in [-0.39, 0.29) is 24.9 Å². The number of nitrogens with zero attached hydrogens (tertiary/aromatic N) is 2. The van der Waals surface area contributed by atoms with Crippen molar-refractivity contribution in [1.82, 2.24) is 15.1 Å². The van der Waals surface area contributed by atoms with E-state index in [4.69, 9.17) is 5.11 Å². The van der Waals surface area contributed by atoms with Crippen LogP contribution in [0.1, 0.15) is 19.5 Å². The van der Waals surface area contributed by atoms with E-state index >= 15 is 0 Å². The third-order valence-electron chi connectivity index (χ3n) is 2.15. The number of carbonyl (C=O) groups excluding carboxylic acids is 1. The van der Waals surface area contributed by atoms with Crippen LogP contribution in [0.3, 0.4) is 0 Å². The Morgan fingerprint density at radius 2 is 2.25 bits per heavy atom. The van der Waals surface area contributed by atoms with Gasteiger partial charge in [-0.05, 0) is 19.9 Å². The number of aliphatic carboxylic acids is 1. The number of hydrogen-bond acceptors (Lipinski definition) is 3. The quantitative estimate of drug-likeness (QED) is 0.753. The highest BCUT2D eigenvalue weighted by Gasteiger charge is 2.20. The van der Waals surface area contributed by atoms with Gasteiger partial charge in [0.15, 0.2) is 0 Å². The number of H-pyrrole nitrogens is 1. The van der Waals surface area contributed by atoms with E-state index in [0.717, 1.165) is 0 Å². The molecule has 0 saturated carbocycles. The molecule has 1 heterocycles. The van der Waals surface area contributed by atoms with Crippen molar-refractivity contribution in [1.29, 1.82) is 0 Å². The van der Waals surface area contributed by atoms with Crippen LogP contribution in [0.5, 0.6) is 0 Å². The van der Waals surface area contributed by atoms with Crippen molar-refractivity contribution in [2.75, 3.05) is 6.54 Å². The topological polar surface area (TPSA) is 86.3 Å². The molecule has 88 valence electrons. The van der Waals surface area contributed by atoms with Gasteiger partial charge >= 0.3 is 5.97 Å². The third kappa shape index (κ3) is 3.38. The van der Waals surface area contributed by atoms with Crippen LogP contribution >= 0.6 is 0 Å². The zero-order valence-corrected chi connectivity index (χ0v) is 9.30. The Balaban J connectivity index is 2.64. The van der Waals surface area contributed by atoms with Crippen LogP contribution in [0, 0.1) is 0 Å². The molecule has 1 rings (SSSR count). The average molecular weight is 225 g/mol. The van der Waals surface area contributed by atoms with Crippen LogP contribution in [-0.4, -0.2) is 44.7 Å². The maximum absolute atomic E-state index is 11.8. The second kappa shape index (κ2) is 5.29. The fourth-order valence-corrected chi connectivity index (χ4v) is 1.35. The van der Waals surface area contributed by atoms with Gasteiger partial charge in [-0.3, -0.25) is 14.7 Å². The lowest BCUT2D eigenvalue weighted by molar-refractivity contribution is -0.145. The highest BCUT2D eigenvalue weighted by molar-refractivity contribution is 5.82. The fraction of sp³-hybridized carbons (Fsp3) is 0.500. The fourth-order valence-electron chi connectivity index (χ4n) is 1.35. The van der Waals surface area contributed by atoms with E-state index < -0.39 is 5.97 Å². The highest BCUT2D eigenvalue weighted by Crippen LogP contribution is 2.03. The van der Waals surface area contributed by atoms with E-state index in [0.29, 0.717) is 5.69 Å². The van der Waals surface area contributed by atoms with Gasteiger partial charge in [0.25, 0.3) is 0 Å². The Morgan fingerprint density at radius 3 is 2.69 bits per heavy atom. The minimum Gasteiger partial charge on any atom is -0.480 e. The summed E-state index contributed by atoms with van der Waals surface area (Å²) in [5.41, 5.74) is 0.682. The van der Waals surface area contributed by atoms with Gasteiger partial charge in [-0.25, -0.2) is 0 Å². The minimum atomic E-state index is -1.01.